The van der Waals surface area contributed by atoms with E-state index in [0.717, 1.165) is 11.4 Å². The molecule has 110 valence electrons. The van der Waals surface area contributed by atoms with Crippen LogP contribution in [0.1, 0.15) is 21.6 Å². The Morgan fingerprint density at radius 1 is 1.24 bits per heavy atom. The highest BCUT2D eigenvalue weighted by Gasteiger charge is 2.22. The molecule has 21 heavy (non-hydrogen) atoms. The highest BCUT2D eigenvalue weighted by Crippen LogP contribution is 2.17. The van der Waals surface area contributed by atoms with Crippen LogP contribution < -0.4 is 0 Å². The molecule has 0 radical (unpaired) electrons. The first-order chi connectivity index (χ1) is 10.2. The molecular weight excluding hydrogens is 266 g/mol. The van der Waals surface area contributed by atoms with E-state index >= 15 is 0 Å². The average molecular weight is 285 g/mol. The van der Waals surface area contributed by atoms with Crippen LogP contribution in [0.25, 0.3) is 5.69 Å². The first kappa shape index (κ1) is 13.8. The largest absolute Gasteiger partial charge is 0.378 e. The summed E-state index contributed by atoms with van der Waals surface area (Å²) in [5, 5.41) is 4.38. The number of ether oxygens (including phenoxy) is 1. The summed E-state index contributed by atoms with van der Waals surface area (Å²) in [6.45, 7) is 6.49. The summed E-state index contributed by atoms with van der Waals surface area (Å²) in [6, 6.07) is 8.09. The Hall–Kier alpha value is -2.14. The van der Waals surface area contributed by atoms with Crippen molar-refractivity contribution < 1.29 is 9.53 Å². The zero-order chi connectivity index (χ0) is 14.8. The molecule has 1 fully saturated rings. The molecule has 2 aromatic rings. The summed E-state index contributed by atoms with van der Waals surface area (Å²) in [6.07, 6.45) is 1.66. The van der Waals surface area contributed by atoms with Gasteiger partial charge in [-0.25, -0.2) is 4.68 Å². The van der Waals surface area contributed by atoms with Crippen LogP contribution in [-0.2, 0) is 4.74 Å². The van der Waals surface area contributed by atoms with E-state index in [1.165, 1.54) is 5.56 Å². The van der Waals surface area contributed by atoms with Crippen molar-refractivity contribution in [1.82, 2.24) is 14.7 Å². The van der Waals surface area contributed by atoms with Crippen LogP contribution in [-0.4, -0.2) is 46.9 Å². The van der Waals surface area contributed by atoms with E-state index in [1.54, 1.807) is 6.20 Å². The van der Waals surface area contributed by atoms with E-state index in [9.17, 15) is 4.79 Å². The summed E-state index contributed by atoms with van der Waals surface area (Å²) in [5.74, 6) is 0.0368. The smallest absolute Gasteiger partial charge is 0.257 e. The predicted octanol–water partition coefficient (Wildman–Crippen LogP) is 1.96. The minimum absolute atomic E-state index is 0.0368. The van der Waals surface area contributed by atoms with E-state index < -0.39 is 0 Å². The van der Waals surface area contributed by atoms with Gasteiger partial charge in [0.1, 0.15) is 0 Å². The van der Waals surface area contributed by atoms with Crippen LogP contribution in [0.3, 0.4) is 0 Å². The van der Waals surface area contributed by atoms with Crippen molar-refractivity contribution in [3.63, 3.8) is 0 Å². The number of aryl methyl sites for hydroxylation is 1. The van der Waals surface area contributed by atoms with E-state index in [0.29, 0.717) is 31.9 Å². The summed E-state index contributed by atoms with van der Waals surface area (Å²) >= 11 is 0. The molecule has 3 rings (SSSR count). The van der Waals surface area contributed by atoms with Gasteiger partial charge in [0.25, 0.3) is 5.91 Å². The molecular formula is C16H19N3O2. The van der Waals surface area contributed by atoms with Crippen molar-refractivity contribution >= 4 is 5.91 Å². The lowest BCUT2D eigenvalue weighted by Crippen LogP contribution is -2.40. The van der Waals surface area contributed by atoms with Gasteiger partial charge in [0.15, 0.2) is 0 Å². The monoisotopic (exact) mass is 285 g/mol. The second kappa shape index (κ2) is 5.69. The Labute approximate surface area is 124 Å². The third-order valence-corrected chi connectivity index (χ3v) is 3.78. The first-order valence-electron chi connectivity index (χ1n) is 7.15. The Morgan fingerprint density at radius 2 is 2.00 bits per heavy atom. The van der Waals surface area contributed by atoms with Crippen molar-refractivity contribution in [2.24, 2.45) is 0 Å². The molecule has 0 saturated carbocycles. The Kier molecular flexibility index (Phi) is 3.75. The number of carbonyl (C=O) groups is 1. The molecule has 0 bridgehead atoms. The van der Waals surface area contributed by atoms with E-state index in [2.05, 4.69) is 11.2 Å². The lowest BCUT2D eigenvalue weighted by atomic mass is 10.2. The van der Waals surface area contributed by atoms with Crippen molar-refractivity contribution in [1.29, 1.82) is 0 Å². The van der Waals surface area contributed by atoms with Gasteiger partial charge in [-0.05, 0) is 31.5 Å². The topological polar surface area (TPSA) is 47.4 Å². The molecule has 0 aliphatic carbocycles. The van der Waals surface area contributed by atoms with Crippen LogP contribution in [0, 0.1) is 13.8 Å². The van der Waals surface area contributed by atoms with Gasteiger partial charge in [0.05, 0.1) is 36.4 Å². The molecule has 1 aromatic heterocycles. The third-order valence-electron chi connectivity index (χ3n) is 3.78. The van der Waals surface area contributed by atoms with Gasteiger partial charge in [-0.15, -0.1) is 0 Å². The van der Waals surface area contributed by atoms with Crippen molar-refractivity contribution in [3.05, 3.63) is 47.3 Å². The second-order valence-electron chi connectivity index (χ2n) is 5.30. The molecule has 5 heteroatoms. The van der Waals surface area contributed by atoms with Crippen LogP contribution in [0.5, 0.6) is 0 Å². The molecule has 1 saturated heterocycles. The van der Waals surface area contributed by atoms with E-state index in [1.807, 2.05) is 41.6 Å². The zero-order valence-corrected chi connectivity index (χ0v) is 12.4. The lowest BCUT2D eigenvalue weighted by Gasteiger charge is -2.26. The van der Waals surface area contributed by atoms with Gasteiger partial charge in [-0.2, -0.15) is 5.10 Å². The molecule has 0 N–H and O–H groups in total. The lowest BCUT2D eigenvalue weighted by molar-refractivity contribution is 0.0302. The van der Waals surface area contributed by atoms with Crippen molar-refractivity contribution in [2.75, 3.05) is 26.3 Å². The minimum atomic E-state index is 0.0368. The molecule has 5 nitrogen and oxygen atoms in total. The van der Waals surface area contributed by atoms with Gasteiger partial charge in [-0.3, -0.25) is 4.79 Å². The molecule has 1 aliphatic rings. The van der Waals surface area contributed by atoms with Crippen LogP contribution in [0.15, 0.2) is 30.5 Å². The van der Waals surface area contributed by atoms with Crippen LogP contribution >= 0.6 is 0 Å². The Morgan fingerprint density at radius 3 is 2.71 bits per heavy atom. The molecule has 0 spiro atoms. The number of nitrogens with zero attached hydrogens (tertiary/aromatic N) is 3. The second-order valence-corrected chi connectivity index (χ2v) is 5.30. The number of hydrogen-bond acceptors (Lipinski definition) is 3. The number of morpholine rings is 1. The van der Waals surface area contributed by atoms with Gasteiger partial charge in [0.2, 0.25) is 0 Å². The van der Waals surface area contributed by atoms with Crippen molar-refractivity contribution in [3.8, 4) is 5.69 Å². The SMILES string of the molecule is Cc1cccc(-n2ncc(C(=O)N3CCOCC3)c2C)c1. The maximum Gasteiger partial charge on any atom is 0.257 e. The summed E-state index contributed by atoms with van der Waals surface area (Å²) in [4.78, 5) is 14.4. The predicted molar refractivity (Wildman–Crippen MR) is 79.8 cm³/mol. The molecule has 1 aliphatic heterocycles. The summed E-state index contributed by atoms with van der Waals surface area (Å²) < 4.78 is 7.11. The van der Waals surface area contributed by atoms with E-state index in [-0.39, 0.29) is 5.91 Å². The average Bonchev–Trinajstić information content (AvgIpc) is 2.89. The fourth-order valence-corrected chi connectivity index (χ4v) is 2.58. The van der Waals surface area contributed by atoms with Crippen molar-refractivity contribution in [2.45, 2.75) is 13.8 Å². The molecule has 1 aromatic carbocycles. The van der Waals surface area contributed by atoms with Crippen LogP contribution in [0.4, 0.5) is 0 Å². The molecule has 0 unspecified atom stereocenters. The fourth-order valence-electron chi connectivity index (χ4n) is 2.58. The molecule has 2 heterocycles. The van der Waals surface area contributed by atoms with Gasteiger partial charge < -0.3 is 9.64 Å². The number of amides is 1. The molecule has 0 atom stereocenters. The number of aromatic nitrogens is 2. The number of hydrogen-bond donors (Lipinski definition) is 0. The standard InChI is InChI=1S/C16H19N3O2/c1-12-4-3-5-14(10-12)19-13(2)15(11-17-19)16(20)18-6-8-21-9-7-18/h3-5,10-11H,6-9H2,1-2H3. The summed E-state index contributed by atoms with van der Waals surface area (Å²) in [5.41, 5.74) is 3.69. The van der Waals surface area contributed by atoms with Crippen LogP contribution in [0.2, 0.25) is 0 Å². The van der Waals surface area contributed by atoms with Gasteiger partial charge in [-0.1, -0.05) is 12.1 Å². The number of rotatable bonds is 2. The fraction of sp³-hybridized carbons (Fsp3) is 0.375. The Bertz CT molecular complexity index is 657. The Balaban J connectivity index is 1.90. The quantitative estimate of drug-likeness (QED) is 0.847. The number of carbonyl (C=O) groups excluding carboxylic acids is 1. The van der Waals surface area contributed by atoms with Gasteiger partial charge >= 0.3 is 0 Å². The summed E-state index contributed by atoms with van der Waals surface area (Å²) in [7, 11) is 0. The minimum Gasteiger partial charge on any atom is -0.378 e. The third kappa shape index (κ3) is 2.69. The van der Waals surface area contributed by atoms with Gasteiger partial charge in [0, 0.05) is 13.1 Å². The molecule has 1 amide bonds. The first-order valence-corrected chi connectivity index (χ1v) is 7.15. The maximum absolute atomic E-state index is 12.5. The van der Waals surface area contributed by atoms with E-state index in [4.69, 9.17) is 4.74 Å². The normalized spacial score (nSPS) is 15.2. The maximum atomic E-state index is 12.5. The highest BCUT2D eigenvalue weighted by molar-refractivity contribution is 5.95. The zero-order valence-electron chi connectivity index (χ0n) is 12.4. The number of benzene rings is 1. The highest BCUT2D eigenvalue weighted by atomic mass is 16.5.